The Morgan fingerprint density at radius 3 is 2.82 bits per heavy atom. The van der Waals surface area contributed by atoms with Crippen LogP contribution in [0.1, 0.15) is 22.1 Å². The van der Waals surface area contributed by atoms with E-state index in [4.69, 9.17) is 9.68 Å². The third-order valence-corrected chi connectivity index (χ3v) is 2.02. The van der Waals surface area contributed by atoms with Crippen molar-refractivity contribution in [3.05, 3.63) is 41.6 Å². The second-order valence-corrected chi connectivity index (χ2v) is 3.24. The van der Waals surface area contributed by atoms with Crippen LogP contribution in [0, 0.1) is 18.3 Å². The maximum atomic E-state index is 11.7. The zero-order valence-electron chi connectivity index (χ0n) is 8.97. The fourth-order valence-electron chi connectivity index (χ4n) is 1.25. The summed E-state index contributed by atoms with van der Waals surface area (Å²) >= 11 is 0. The Labute approximate surface area is 96.9 Å². The number of aryl methyl sites for hydroxylation is 1. The number of carbonyl (C=O) groups is 1. The molecule has 1 amide bonds. The van der Waals surface area contributed by atoms with E-state index in [9.17, 15) is 4.79 Å². The monoisotopic (exact) mass is 228 g/mol. The van der Waals surface area contributed by atoms with Gasteiger partial charge >= 0.3 is 11.8 Å². The van der Waals surface area contributed by atoms with Crippen LogP contribution in [0.2, 0.25) is 0 Å². The predicted octanol–water partition coefficient (Wildman–Crippen LogP) is 1.50. The molecule has 0 saturated carbocycles. The van der Waals surface area contributed by atoms with Gasteiger partial charge in [-0.1, -0.05) is 12.1 Å². The highest BCUT2D eigenvalue weighted by atomic mass is 16.4. The van der Waals surface area contributed by atoms with Crippen molar-refractivity contribution in [2.24, 2.45) is 0 Å². The van der Waals surface area contributed by atoms with Gasteiger partial charge in [0.2, 0.25) is 5.89 Å². The van der Waals surface area contributed by atoms with Gasteiger partial charge in [0.25, 0.3) is 0 Å². The molecule has 0 saturated heterocycles. The molecule has 0 atom stereocenters. The van der Waals surface area contributed by atoms with Crippen molar-refractivity contribution in [2.45, 2.75) is 6.92 Å². The van der Waals surface area contributed by atoms with Crippen molar-refractivity contribution in [1.29, 1.82) is 5.26 Å². The maximum Gasteiger partial charge on any atom is 0.313 e. The molecule has 2 aromatic rings. The smallest absolute Gasteiger partial charge is 0.313 e. The molecule has 0 aliphatic carbocycles. The van der Waals surface area contributed by atoms with Crippen molar-refractivity contribution < 1.29 is 9.21 Å². The lowest BCUT2D eigenvalue weighted by molar-refractivity contribution is 0.0989. The van der Waals surface area contributed by atoms with Crippen LogP contribution in [0.5, 0.6) is 0 Å². The zero-order valence-corrected chi connectivity index (χ0v) is 8.97. The van der Waals surface area contributed by atoms with Crippen LogP contribution in [0.4, 0.5) is 5.69 Å². The van der Waals surface area contributed by atoms with Crippen molar-refractivity contribution in [3.63, 3.8) is 0 Å². The quantitative estimate of drug-likeness (QED) is 0.840. The van der Waals surface area contributed by atoms with Crippen LogP contribution < -0.4 is 5.32 Å². The topological polar surface area (TPSA) is 91.8 Å². The minimum atomic E-state index is -0.534. The number of hydrogen-bond acceptors (Lipinski definition) is 5. The molecule has 0 fully saturated rings. The molecule has 0 radical (unpaired) electrons. The predicted molar refractivity (Wildman–Crippen MR) is 58.1 cm³/mol. The Hall–Kier alpha value is -2.68. The molecule has 0 aliphatic rings. The van der Waals surface area contributed by atoms with E-state index in [1.54, 1.807) is 31.2 Å². The summed E-state index contributed by atoms with van der Waals surface area (Å²) in [7, 11) is 0. The molecule has 1 aromatic carbocycles. The van der Waals surface area contributed by atoms with Gasteiger partial charge in [-0.3, -0.25) is 4.79 Å². The molecule has 0 unspecified atom stereocenters. The van der Waals surface area contributed by atoms with Gasteiger partial charge in [-0.15, -0.1) is 10.2 Å². The minimum Gasteiger partial charge on any atom is -0.417 e. The average Bonchev–Trinajstić information content (AvgIpc) is 2.77. The number of anilines is 1. The molecule has 84 valence electrons. The fourth-order valence-corrected chi connectivity index (χ4v) is 1.25. The number of aromatic nitrogens is 2. The number of rotatable bonds is 2. The van der Waals surface area contributed by atoms with E-state index in [1.165, 1.54) is 0 Å². The molecule has 17 heavy (non-hydrogen) atoms. The van der Waals surface area contributed by atoms with Crippen LogP contribution in [0.15, 0.2) is 28.7 Å². The molecular weight excluding hydrogens is 220 g/mol. The van der Waals surface area contributed by atoms with Gasteiger partial charge in [-0.05, 0) is 12.1 Å². The Balaban J connectivity index is 2.22. The largest absolute Gasteiger partial charge is 0.417 e. The van der Waals surface area contributed by atoms with Gasteiger partial charge in [0, 0.05) is 6.92 Å². The summed E-state index contributed by atoms with van der Waals surface area (Å²) in [4.78, 5) is 11.7. The van der Waals surface area contributed by atoms with E-state index in [-0.39, 0.29) is 5.89 Å². The summed E-state index contributed by atoms with van der Waals surface area (Å²) in [6, 6.07) is 8.64. The van der Waals surface area contributed by atoms with E-state index >= 15 is 0 Å². The first-order valence-electron chi connectivity index (χ1n) is 4.81. The highest BCUT2D eigenvalue weighted by Crippen LogP contribution is 2.14. The number of hydrogen-bond donors (Lipinski definition) is 1. The van der Waals surface area contributed by atoms with E-state index < -0.39 is 5.91 Å². The molecule has 6 heteroatoms. The molecule has 6 nitrogen and oxygen atoms in total. The minimum absolute atomic E-state index is 0.129. The van der Waals surface area contributed by atoms with Crippen molar-refractivity contribution in [2.75, 3.05) is 5.32 Å². The average molecular weight is 228 g/mol. The van der Waals surface area contributed by atoms with Gasteiger partial charge in [0.1, 0.15) is 6.07 Å². The van der Waals surface area contributed by atoms with Gasteiger partial charge in [0.15, 0.2) is 0 Å². The lowest BCUT2D eigenvalue weighted by Gasteiger charge is -2.03. The third-order valence-electron chi connectivity index (χ3n) is 2.02. The summed E-state index contributed by atoms with van der Waals surface area (Å²) in [5.41, 5.74) is 0.785. The summed E-state index contributed by atoms with van der Waals surface area (Å²) in [6.45, 7) is 1.59. The number of para-hydroxylation sites is 1. The van der Waals surface area contributed by atoms with Gasteiger partial charge in [-0.25, -0.2) is 0 Å². The first-order valence-corrected chi connectivity index (χ1v) is 4.81. The van der Waals surface area contributed by atoms with Crippen LogP contribution in [-0.4, -0.2) is 16.1 Å². The fraction of sp³-hybridized carbons (Fsp3) is 0.0909. The van der Waals surface area contributed by atoms with Crippen LogP contribution in [0.3, 0.4) is 0 Å². The van der Waals surface area contributed by atoms with E-state index in [0.29, 0.717) is 17.1 Å². The molecular formula is C11H8N4O2. The molecule has 0 bridgehead atoms. The van der Waals surface area contributed by atoms with E-state index in [0.717, 1.165) is 0 Å². The van der Waals surface area contributed by atoms with Crippen molar-refractivity contribution in [3.8, 4) is 6.07 Å². The third kappa shape index (κ3) is 2.29. The molecule has 2 rings (SSSR count). The molecule has 0 aliphatic heterocycles. The number of nitrogens with one attached hydrogen (secondary N) is 1. The lowest BCUT2D eigenvalue weighted by atomic mass is 10.2. The standard InChI is InChI=1S/C11H8N4O2/c1-7-14-15-11(17-7)10(16)13-9-5-3-2-4-8(9)6-12/h2-5H,1H3,(H,13,16). The summed E-state index contributed by atoms with van der Waals surface area (Å²) in [6.07, 6.45) is 0. The van der Waals surface area contributed by atoms with Gasteiger partial charge < -0.3 is 9.73 Å². The summed E-state index contributed by atoms with van der Waals surface area (Å²) < 4.78 is 4.97. The van der Waals surface area contributed by atoms with Crippen molar-refractivity contribution >= 4 is 11.6 Å². The van der Waals surface area contributed by atoms with Gasteiger partial charge in [0.05, 0.1) is 11.3 Å². The zero-order chi connectivity index (χ0) is 12.3. The van der Waals surface area contributed by atoms with Crippen LogP contribution >= 0.6 is 0 Å². The molecule has 1 N–H and O–H groups in total. The highest BCUT2D eigenvalue weighted by molar-refractivity contribution is 6.01. The number of carbonyl (C=O) groups excluding carboxylic acids is 1. The SMILES string of the molecule is Cc1nnc(C(=O)Nc2ccccc2C#N)o1. The number of amides is 1. The van der Waals surface area contributed by atoms with Crippen molar-refractivity contribution in [1.82, 2.24) is 10.2 Å². The highest BCUT2D eigenvalue weighted by Gasteiger charge is 2.14. The first-order chi connectivity index (χ1) is 8.20. The normalized spacial score (nSPS) is 9.65. The van der Waals surface area contributed by atoms with Crippen LogP contribution in [0.25, 0.3) is 0 Å². The molecule has 0 spiro atoms. The summed E-state index contributed by atoms with van der Waals surface area (Å²) in [5, 5.41) is 18.5. The van der Waals surface area contributed by atoms with E-state index in [2.05, 4.69) is 15.5 Å². The second-order valence-electron chi connectivity index (χ2n) is 3.24. The van der Waals surface area contributed by atoms with Gasteiger partial charge in [-0.2, -0.15) is 5.26 Å². The van der Waals surface area contributed by atoms with Crippen LogP contribution in [-0.2, 0) is 0 Å². The maximum absolute atomic E-state index is 11.7. The number of nitrogens with zero attached hydrogens (tertiary/aromatic N) is 3. The lowest BCUT2D eigenvalue weighted by Crippen LogP contribution is -2.13. The Bertz CT molecular complexity index is 598. The number of benzene rings is 1. The Morgan fingerprint density at radius 1 is 1.41 bits per heavy atom. The number of nitriles is 1. The Kier molecular flexibility index (Phi) is 2.83. The van der Waals surface area contributed by atoms with E-state index in [1.807, 2.05) is 6.07 Å². The molecule has 1 aromatic heterocycles. The molecule has 1 heterocycles. The first kappa shape index (κ1) is 10.8. The summed E-state index contributed by atoms with van der Waals surface area (Å²) in [5.74, 6) is -0.354. The Morgan fingerprint density at radius 2 is 2.18 bits per heavy atom. The second kappa shape index (κ2) is 4.45.